The molecule has 15 heteroatoms. The molecule has 0 saturated carbocycles. The summed E-state index contributed by atoms with van der Waals surface area (Å²) in [5.74, 6) is -2.97. The van der Waals surface area contributed by atoms with E-state index in [1.807, 2.05) is 6.07 Å². The minimum atomic E-state index is -1.50. The molecule has 2 rings (SSSR count). The minimum Gasteiger partial charge on any atom is -0.463 e. The van der Waals surface area contributed by atoms with Gasteiger partial charge in [0.1, 0.15) is 30.4 Å². The first-order valence-electron chi connectivity index (χ1n) is 11.4. The number of hydrogen-bond acceptors (Lipinski definition) is 15. The zero-order valence-electron chi connectivity index (χ0n) is 20.8. The van der Waals surface area contributed by atoms with E-state index in [0.717, 1.165) is 39.5 Å². The van der Waals surface area contributed by atoms with Crippen molar-refractivity contribution in [3.63, 3.8) is 0 Å². The van der Waals surface area contributed by atoms with Crippen LogP contribution in [-0.2, 0) is 52.3 Å². The van der Waals surface area contributed by atoms with E-state index >= 15 is 0 Å². The molecule has 2 N–H and O–H groups in total. The van der Waals surface area contributed by atoms with E-state index in [0.29, 0.717) is 0 Å². The fourth-order valence-corrected chi connectivity index (χ4v) is 4.70. The lowest BCUT2D eigenvalue weighted by Crippen LogP contribution is -2.64. The first-order chi connectivity index (χ1) is 17.5. The van der Waals surface area contributed by atoms with Gasteiger partial charge in [0.25, 0.3) is 0 Å². The van der Waals surface area contributed by atoms with Crippen molar-refractivity contribution in [2.24, 2.45) is 0 Å². The first kappa shape index (κ1) is 30.7. The number of thioether (sulfide) groups is 1. The number of carbonyl (C=O) groups excluding carboxylic acids is 4. The summed E-state index contributed by atoms with van der Waals surface area (Å²) in [5.41, 5.74) is -0.629. The summed E-state index contributed by atoms with van der Waals surface area (Å²) in [6.07, 6.45) is -10.4. The van der Waals surface area contributed by atoms with Crippen molar-refractivity contribution in [1.82, 2.24) is 0 Å². The first-order valence-corrected chi connectivity index (χ1v) is 12.4. The number of nitriles is 1. The number of esters is 4. The molecule has 2 fully saturated rings. The maximum absolute atomic E-state index is 12.0. The Kier molecular flexibility index (Phi) is 12.0. The lowest BCUT2D eigenvalue weighted by molar-refractivity contribution is -0.330. The van der Waals surface area contributed by atoms with Gasteiger partial charge in [-0.3, -0.25) is 19.2 Å². The Balaban J connectivity index is 2.42. The number of nitrogens with zero attached hydrogens (tertiary/aromatic N) is 1. The zero-order valence-corrected chi connectivity index (χ0v) is 21.6. The number of carbonyl (C=O) groups is 4. The minimum absolute atomic E-state index is 0.0525. The van der Waals surface area contributed by atoms with Crippen LogP contribution in [0, 0.1) is 11.3 Å². The number of hydrogen-bond donors (Lipinski definition) is 2. The molecule has 2 saturated heterocycles. The SMILES string of the molecule is CC(=O)OC[C@@H]1O[C@@H](O[C@@H]2C[C@H](SCC#N)OC(CO)[C@H]2O)C(OC(C)=O)C(OC(C)=O)[C@H]1OC(C)=O. The quantitative estimate of drug-likeness (QED) is 0.253. The van der Waals surface area contributed by atoms with Gasteiger partial charge in [0.15, 0.2) is 24.6 Å². The molecule has 2 heterocycles. The summed E-state index contributed by atoms with van der Waals surface area (Å²) >= 11 is 1.13. The Bertz CT molecular complexity index is 864. The van der Waals surface area contributed by atoms with Gasteiger partial charge < -0.3 is 43.4 Å². The van der Waals surface area contributed by atoms with Gasteiger partial charge in [0, 0.05) is 34.1 Å². The molecule has 2 aliphatic rings. The maximum Gasteiger partial charge on any atom is 0.303 e. The largest absolute Gasteiger partial charge is 0.463 e. The van der Waals surface area contributed by atoms with Gasteiger partial charge >= 0.3 is 23.9 Å². The molecule has 0 aliphatic carbocycles. The highest BCUT2D eigenvalue weighted by Gasteiger charge is 2.54. The van der Waals surface area contributed by atoms with Crippen LogP contribution in [0.1, 0.15) is 34.1 Å². The number of ether oxygens (including phenoxy) is 7. The molecule has 2 aliphatic heterocycles. The van der Waals surface area contributed by atoms with Crippen LogP contribution in [0.15, 0.2) is 0 Å². The van der Waals surface area contributed by atoms with Crippen molar-refractivity contribution in [3.05, 3.63) is 0 Å². The summed E-state index contributed by atoms with van der Waals surface area (Å²) < 4.78 is 38.5. The summed E-state index contributed by atoms with van der Waals surface area (Å²) in [7, 11) is 0. The molecule has 0 aromatic rings. The average Bonchev–Trinajstić information content (AvgIpc) is 2.80. The van der Waals surface area contributed by atoms with Gasteiger partial charge in [0.2, 0.25) is 0 Å². The van der Waals surface area contributed by atoms with Gasteiger partial charge in [-0.05, 0) is 0 Å². The van der Waals surface area contributed by atoms with E-state index < -0.39 is 91.5 Å². The molecule has 0 amide bonds. The van der Waals surface area contributed by atoms with Gasteiger partial charge in [-0.15, -0.1) is 11.8 Å². The molecule has 14 nitrogen and oxygen atoms in total. The van der Waals surface area contributed by atoms with Crippen LogP contribution in [0.3, 0.4) is 0 Å². The van der Waals surface area contributed by atoms with Gasteiger partial charge in [0.05, 0.1) is 24.5 Å². The predicted octanol–water partition coefficient (Wildman–Crippen LogP) is -0.820. The standard InChI is InChI=1S/C22H31NO13S/c1-10(25)30-9-16-19(31-11(2)26)20(32-12(3)27)21(33-13(4)28)22(36-16)35-14-7-17(37-6-5-23)34-15(8-24)18(14)29/h14-22,24,29H,6-9H2,1-4H3/t14-,15?,16+,17+,18+,19+,20?,21?,22-/m1/s1. The van der Waals surface area contributed by atoms with E-state index in [1.54, 1.807) is 0 Å². The van der Waals surface area contributed by atoms with Crippen molar-refractivity contribution in [2.75, 3.05) is 19.0 Å². The van der Waals surface area contributed by atoms with Gasteiger partial charge in [-0.1, -0.05) is 0 Å². The van der Waals surface area contributed by atoms with Crippen molar-refractivity contribution in [3.8, 4) is 6.07 Å². The van der Waals surface area contributed by atoms with E-state index in [2.05, 4.69) is 0 Å². The smallest absolute Gasteiger partial charge is 0.303 e. The maximum atomic E-state index is 12.0. The second kappa shape index (κ2) is 14.5. The number of rotatable bonds is 10. The summed E-state index contributed by atoms with van der Waals surface area (Å²) in [6.45, 7) is 3.44. The van der Waals surface area contributed by atoms with Crippen LogP contribution in [0.5, 0.6) is 0 Å². The highest BCUT2D eigenvalue weighted by Crippen LogP contribution is 2.35. The summed E-state index contributed by atoms with van der Waals surface area (Å²) in [4.78, 5) is 47.2. The molecule has 0 spiro atoms. The Morgan fingerprint density at radius 3 is 2.05 bits per heavy atom. The van der Waals surface area contributed by atoms with Crippen molar-refractivity contribution < 1.29 is 62.5 Å². The molecular weight excluding hydrogens is 518 g/mol. The monoisotopic (exact) mass is 549 g/mol. The molecule has 0 aromatic heterocycles. The van der Waals surface area contributed by atoms with Gasteiger partial charge in [-0.25, -0.2) is 0 Å². The summed E-state index contributed by atoms with van der Waals surface area (Å²) in [6, 6.07) is 1.96. The lowest BCUT2D eigenvalue weighted by Gasteiger charge is -2.46. The van der Waals surface area contributed by atoms with Crippen LogP contribution >= 0.6 is 11.8 Å². The molecule has 0 bridgehead atoms. The van der Waals surface area contributed by atoms with Crippen molar-refractivity contribution in [2.45, 2.75) is 88.6 Å². The Hall–Kier alpha value is -2.48. The summed E-state index contributed by atoms with van der Waals surface area (Å²) in [5, 5.41) is 29.3. The van der Waals surface area contributed by atoms with Crippen molar-refractivity contribution in [1.29, 1.82) is 5.26 Å². The van der Waals surface area contributed by atoms with Crippen LogP contribution in [-0.4, -0.2) is 108 Å². The third kappa shape index (κ3) is 9.09. The van der Waals surface area contributed by atoms with E-state index in [4.69, 9.17) is 38.4 Å². The highest BCUT2D eigenvalue weighted by molar-refractivity contribution is 7.99. The number of aliphatic hydroxyl groups is 2. The van der Waals surface area contributed by atoms with E-state index in [9.17, 15) is 29.4 Å². The molecule has 208 valence electrons. The Morgan fingerprint density at radius 2 is 1.51 bits per heavy atom. The van der Waals surface area contributed by atoms with Crippen LogP contribution < -0.4 is 0 Å². The zero-order chi connectivity index (χ0) is 27.7. The Morgan fingerprint density at radius 1 is 0.919 bits per heavy atom. The third-order valence-electron chi connectivity index (χ3n) is 5.28. The lowest BCUT2D eigenvalue weighted by atomic mass is 9.97. The van der Waals surface area contributed by atoms with Crippen LogP contribution in [0.25, 0.3) is 0 Å². The van der Waals surface area contributed by atoms with Crippen LogP contribution in [0.4, 0.5) is 0 Å². The second-order valence-electron chi connectivity index (χ2n) is 8.22. The molecule has 3 unspecified atom stereocenters. The Labute approximate surface area is 217 Å². The predicted molar refractivity (Wildman–Crippen MR) is 121 cm³/mol. The normalized spacial score (nSPS) is 33.5. The second-order valence-corrected chi connectivity index (χ2v) is 9.37. The molecule has 0 radical (unpaired) electrons. The fourth-order valence-electron chi connectivity index (χ4n) is 3.89. The molecule has 9 atom stereocenters. The molecule has 0 aromatic carbocycles. The highest BCUT2D eigenvalue weighted by atomic mass is 32.2. The third-order valence-corrected chi connectivity index (χ3v) is 6.26. The fraction of sp³-hybridized carbons (Fsp3) is 0.773. The number of aliphatic hydroxyl groups excluding tert-OH is 2. The van der Waals surface area contributed by atoms with Crippen molar-refractivity contribution >= 4 is 35.6 Å². The average molecular weight is 550 g/mol. The van der Waals surface area contributed by atoms with E-state index in [-0.39, 0.29) is 12.2 Å². The molecular formula is C22H31NO13S. The van der Waals surface area contributed by atoms with Gasteiger partial charge in [-0.2, -0.15) is 5.26 Å². The molecule has 37 heavy (non-hydrogen) atoms. The topological polar surface area (TPSA) is 197 Å². The van der Waals surface area contributed by atoms with Crippen LogP contribution in [0.2, 0.25) is 0 Å². The van der Waals surface area contributed by atoms with E-state index in [1.165, 1.54) is 0 Å².